The van der Waals surface area contributed by atoms with E-state index in [-0.39, 0.29) is 0 Å². The summed E-state index contributed by atoms with van der Waals surface area (Å²) in [7, 11) is 0. The molecule has 0 atom stereocenters. The fourth-order valence-electron chi connectivity index (χ4n) is 5.41. The van der Waals surface area contributed by atoms with E-state index in [4.69, 9.17) is 0 Å². The minimum atomic E-state index is 1.03. The van der Waals surface area contributed by atoms with Crippen molar-refractivity contribution in [3.05, 3.63) is 132 Å². The maximum absolute atomic E-state index is 2.43. The zero-order chi connectivity index (χ0) is 23.2. The first kappa shape index (κ1) is 20.4. The van der Waals surface area contributed by atoms with E-state index in [9.17, 15) is 0 Å². The first-order valence-electron chi connectivity index (χ1n) is 12.2. The van der Waals surface area contributed by atoms with Crippen LogP contribution in [-0.4, -0.2) is 0 Å². The van der Waals surface area contributed by atoms with Gasteiger partial charge in [0.05, 0.1) is 0 Å². The molecule has 0 fully saturated rings. The van der Waals surface area contributed by atoms with E-state index >= 15 is 0 Å². The van der Waals surface area contributed by atoms with Crippen LogP contribution in [0.3, 0.4) is 0 Å². The predicted molar refractivity (Wildman–Crippen MR) is 154 cm³/mol. The Morgan fingerprint density at radius 3 is 2.03 bits per heavy atom. The van der Waals surface area contributed by atoms with Gasteiger partial charge >= 0.3 is 0 Å². The topological polar surface area (TPSA) is 0 Å². The molecule has 0 spiro atoms. The van der Waals surface area contributed by atoms with Crippen molar-refractivity contribution < 1.29 is 0 Å². The van der Waals surface area contributed by atoms with Crippen molar-refractivity contribution in [2.75, 3.05) is 0 Å². The molecular weight excluding hydrogens is 440 g/mol. The SMILES string of the molecule is c1cc(CCc2ccc3sc4ccc5ccccc5c4c3c2)cc(-c2cccc3ccccc23)c1. The zero-order valence-corrected chi connectivity index (χ0v) is 20.2. The molecule has 0 bridgehead atoms. The lowest BCUT2D eigenvalue weighted by Gasteiger charge is -2.09. The van der Waals surface area contributed by atoms with Crippen molar-refractivity contribution in [2.45, 2.75) is 12.8 Å². The number of benzene rings is 6. The van der Waals surface area contributed by atoms with Gasteiger partial charge in [0.1, 0.15) is 0 Å². The average Bonchev–Trinajstić information content (AvgIpc) is 3.30. The summed E-state index contributed by atoms with van der Waals surface area (Å²) in [6, 6.07) is 44.6. The van der Waals surface area contributed by atoms with E-state index in [1.807, 2.05) is 11.3 Å². The highest BCUT2D eigenvalue weighted by atomic mass is 32.1. The predicted octanol–water partition coefficient (Wildman–Crippen LogP) is 9.81. The molecule has 1 heteroatoms. The average molecular weight is 465 g/mol. The van der Waals surface area contributed by atoms with Crippen LogP contribution in [0, 0.1) is 0 Å². The van der Waals surface area contributed by atoms with E-state index in [1.165, 1.54) is 64.0 Å². The van der Waals surface area contributed by atoms with Crippen molar-refractivity contribution in [3.8, 4) is 11.1 Å². The molecule has 0 amide bonds. The van der Waals surface area contributed by atoms with Crippen LogP contribution in [0.15, 0.2) is 121 Å². The van der Waals surface area contributed by atoms with Crippen LogP contribution < -0.4 is 0 Å². The Labute approximate surface area is 209 Å². The van der Waals surface area contributed by atoms with Crippen LogP contribution in [0.25, 0.3) is 52.8 Å². The van der Waals surface area contributed by atoms with Gasteiger partial charge in [0.15, 0.2) is 0 Å². The summed E-state index contributed by atoms with van der Waals surface area (Å²) in [5.41, 5.74) is 5.39. The molecule has 0 aliphatic carbocycles. The first-order chi connectivity index (χ1) is 17.3. The van der Waals surface area contributed by atoms with E-state index in [1.54, 1.807) is 0 Å². The summed E-state index contributed by atoms with van der Waals surface area (Å²) >= 11 is 1.90. The Balaban J connectivity index is 1.23. The number of hydrogen-bond acceptors (Lipinski definition) is 1. The van der Waals surface area contributed by atoms with Crippen molar-refractivity contribution in [1.82, 2.24) is 0 Å². The molecule has 0 aliphatic rings. The molecule has 7 rings (SSSR count). The molecule has 0 aliphatic heterocycles. The molecule has 0 N–H and O–H groups in total. The van der Waals surface area contributed by atoms with E-state index in [2.05, 4.69) is 121 Å². The number of hydrogen-bond donors (Lipinski definition) is 0. The lowest BCUT2D eigenvalue weighted by Crippen LogP contribution is -1.92. The largest absolute Gasteiger partial charge is 0.135 e. The summed E-state index contributed by atoms with van der Waals surface area (Å²) in [6.45, 7) is 0. The Morgan fingerprint density at radius 1 is 0.457 bits per heavy atom. The molecule has 35 heavy (non-hydrogen) atoms. The fourth-order valence-corrected chi connectivity index (χ4v) is 6.51. The molecule has 166 valence electrons. The third kappa shape index (κ3) is 3.60. The van der Waals surface area contributed by atoms with E-state index in [0.717, 1.165) is 12.8 Å². The van der Waals surface area contributed by atoms with Gasteiger partial charge in [-0.3, -0.25) is 0 Å². The quantitative estimate of drug-likeness (QED) is 0.243. The third-order valence-electron chi connectivity index (χ3n) is 7.15. The Bertz CT molecular complexity index is 1850. The molecule has 1 heterocycles. The van der Waals surface area contributed by atoms with Gasteiger partial charge in [-0.05, 0) is 74.8 Å². The maximum atomic E-state index is 2.43. The van der Waals surface area contributed by atoms with E-state index in [0.29, 0.717) is 0 Å². The lowest BCUT2D eigenvalue weighted by molar-refractivity contribution is 0.963. The number of aryl methyl sites for hydroxylation is 2. The summed E-state index contributed by atoms with van der Waals surface area (Å²) in [6.07, 6.45) is 2.07. The molecule has 0 radical (unpaired) electrons. The highest BCUT2D eigenvalue weighted by Gasteiger charge is 2.10. The van der Waals surface area contributed by atoms with Crippen molar-refractivity contribution in [3.63, 3.8) is 0 Å². The van der Waals surface area contributed by atoms with Gasteiger partial charge in [0.25, 0.3) is 0 Å². The molecule has 6 aromatic carbocycles. The summed E-state index contributed by atoms with van der Waals surface area (Å²) in [5, 5.41) is 8.08. The molecule has 0 saturated heterocycles. The molecule has 0 unspecified atom stereocenters. The summed E-state index contributed by atoms with van der Waals surface area (Å²) in [5.74, 6) is 0. The van der Waals surface area contributed by atoms with Crippen molar-refractivity contribution >= 4 is 53.1 Å². The second-order valence-corrected chi connectivity index (χ2v) is 10.4. The molecule has 0 nitrogen and oxygen atoms in total. The number of fused-ring (bicyclic) bond motifs is 6. The molecular formula is C34H24S. The third-order valence-corrected chi connectivity index (χ3v) is 8.29. The minimum absolute atomic E-state index is 1.03. The second-order valence-electron chi connectivity index (χ2n) is 9.32. The van der Waals surface area contributed by atoms with Gasteiger partial charge in [0.2, 0.25) is 0 Å². The monoisotopic (exact) mass is 464 g/mol. The normalized spacial score (nSPS) is 11.7. The Kier molecular flexibility index (Phi) is 4.89. The Morgan fingerprint density at radius 2 is 1.14 bits per heavy atom. The lowest BCUT2D eigenvalue weighted by atomic mass is 9.95. The number of rotatable bonds is 4. The van der Waals surface area contributed by atoms with Crippen LogP contribution in [0.4, 0.5) is 0 Å². The first-order valence-corrected chi connectivity index (χ1v) is 13.1. The van der Waals surface area contributed by atoms with Crippen molar-refractivity contribution in [1.29, 1.82) is 0 Å². The van der Waals surface area contributed by atoms with Crippen molar-refractivity contribution in [2.24, 2.45) is 0 Å². The van der Waals surface area contributed by atoms with Gasteiger partial charge in [-0.2, -0.15) is 0 Å². The van der Waals surface area contributed by atoms with Crippen LogP contribution in [-0.2, 0) is 12.8 Å². The summed E-state index contributed by atoms with van der Waals surface area (Å²) in [4.78, 5) is 0. The van der Waals surface area contributed by atoms with Gasteiger partial charge in [-0.25, -0.2) is 0 Å². The van der Waals surface area contributed by atoms with Crippen LogP contribution in [0.5, 0.6) is 0 Å². The summed E-state index contributed by atoms with van der Waals surface area (Å²) < 4.78 is 2.75. The standard InChI is InChI=1S/C34H24S/c1-3-12-28-25(8-1)10-6-14-29(28)27-11-5-7-23(21-27)15-16-24-17-19-32-31(22-24)34-30-13-4-2-9-26(30)18-20-33(34)35-32/h1-14,17-22H,15-16H2. The van der Waals surface area contributed by atoms with Gasteiger partial charge < -0.3 is 0 Å². The molecule has 7 aromatic rings. The number of thiophene rings is 1. The smallest absolute Gasteiger partial charge is 0.0361 e. The maximum Gasteiger partial charge on any atom is 0.0361 e. The van der Waals surface area contributed by atoms with Gasteiger partial charge in [0, 0.05) is 20.2 Å². The molecule has 1 aromatic heterocycles. The second kappa shape index (κ2) is 8.37. The highest BCUT2D eigenvalue weighted by Crippen LogP contribution is 2.39. The minimum Gasteiger partial charge on any atom is -0.135 e. The van der Waals surface area contributed by atoms with Crippen LogP contribution >= 0.6 is 11.3 Å². The van der Waals surface area contributed by atoms with Gasteiger partial charge in [-0.1, -0.05) is 103 Å². The van der Waals surface area contributed by atoms with E-state index < -0.39 is 0 Å². The fraction of sp³-hybridized carbons (Fsp3) is 0.0588. The van der Waals surface area contributed by atoms with Crippen LogP contribution in [0.2, 0.25) is 0 Å². The highest BCUT2D eigenvalue weighted by molar-refractivity contribution is 7.26. The van der Waals surface area contributed by atoms with Crippen LogP contribution in [0.1, 0.15) is 11.1 Å². The molecule has 0 saturated carbocycles. The Hall–Kier alpha value is -3.94. The van der Waals surface area contributed by atoms with Gasteiger partial charge in [-0.15, -0.1) is 11.3 Å². The zero-order valence-electron chi connectivity index (χ0n) is 19.4.